The molecule has 90 valence electrons. The first-order valence-corrected chi connectivity index (χ1v) is 5.75. The number of aromatic amines is 1. The molecule has 16 heavy (non-hydrogen) atoms. The van der Waals surface area contributed by atoms with Gasteiger partial charge in [0, 0.05) is 17.8 Å². The molecule has 1 rings (SSSR count). The summed E-state index contributed by atoms with van der Waals surface area (Å²) in [4.78, 5) is 15.7. The Morgan fingerprint density at radius 2 is 2.12 bits per heavy atom. The monoisotopic (exact) mass is 244 g/mol. The van der Waals surface area contributed by atoms with Crippen molar-refractivity contribution >= 4 is 17.6 Å². The summed E-state index contributed by atoms with van der Waals surface area (Å²) in [5.74, 6) is -0.854. The van der Waals surface area contributed by atoms with Crippen LogP contribution in [0.5, 0.6) is 0 Å². The maximum atomic E-state index is 10.6. The predicted molar refractivity (Wildman–Crippen MR) is 63.8 cm³/mol. The second-order valence-corrected chi connectivity index (χ2v) is 4.04. The van der Waals surface area contributed by atoms with Crippen LogP contribution < -0.4 is 0 Å². The number of carboxylic acids is 1. The van der Waals surface area contributed by atoms with E-state index in [1.54, 1.807) is 0 Å². The zero-order valence-electron chi connectivity index (χ0n) is 9.59. The predicted octanol–water partition coefficient (Wildman–Crippen LogP) is 2.14. The van der Waals surface area contributed by atoms with E-state index in [1.165, 1.54) is 0 Å². The molecule has 5 heteroatoms. The number of aromatic nitrogens is 1. The zero-order valence-corrected chi connectivity index (χ0v) is 10.3. The molecule has 0 aromatic carbocycles. The normalized spacial score (nSPS) is 11.0. The number of aliphatic carboxylic acids is 1. The first-order chi connectivity index (χ1) is 7.56. The van der Waals surface area contributed by atoms with E-state index in [9.17, 15) is 4.79 Å². The Labute approximate surface area is 100 Å². The van der Waals surface area contributed by atoms with Gasteiger partial charge in [-0.2, -0.15) is 0 Å². The molecule has 0 spiro atoms. The van der Waals surface area contributed by atoms with E-state index in [-0.39, 0.29) is 6.42 Å². The topological polar surface area (TPSA) is 56.3 Å². The molecule has 0 saturated carbocycles. The molecule has 4 nitrogen and oxygen atoms in total. The van der Waals surface area contributed by atoms with Crippen molar-refractivity contribution in [2.24, 2.45) is 0 Å². The average Bonchev–Trinajstić information content (AvgIpc) is 2.54. The van der Waals surface area contributed by atoms with Crippen LogP contribution in [0.15, 0.2) is 6.07 Å². The van der Waals surface area contributed by atoms with Crippen molar-refractivity contribution in [3.05, 3.63) is 22.5 Å². The highest BCUT2D eigenvalue weighted by molar-refractivity contribution is 6.30. The molecular weight excluding hydrogens is 228 g/mol. The van der Waals surface area contributed by atoms with Crippen LogP contribution in [0.3, 0.4) is 0 Å². The Kier molecular flexibility index (Phi) is 4.83. The number of carbonyl (C=O) groups is 1. The van der Waals surface area contributed by atoms with Crippen molar-refractivity contribution in [1.82, 2.24) is 9.88 Å². The summed E-state index contributed by atoms with van der Waals surface area (Å²) in [6.07, 6.45) is -0.0159. The number of nitrogens with zero attached hydrogens (tertiary/aromatic N) is 1. The molecule has 0 saturated heterocycles. The van der Waals surface area contributed by atoms with Crippen LogP contribution in [0, 0.1) is 0 Å². The molecule has 1 aromatic heterocycles. The lowest BCUT2D eigenvalue weighted by Crippen LogP contribution is -2.21. The minimum atomic E-state index is -0.854. The van der Waals surface area contributed by atoms with Crippen LogP contribution in [0.4, 0.5) is 0 Å². The van der Waals surface area contributed by atoms with Crippen LogP contribution in [-0.2, 0) is 17.8 Å². The van der Waals surface area contributed by atoms with E-state index in [2.05, 4.69) is 23.7 Å². The lowest BCUT2D eigenvalue weighted by molar-refractivity contribution is -0.136. The maximum Gasteiger partial charge on any atom is 0.309 e. The molecule has 1 aromatic rings. The minimum absolute atomic E-state index is 0.0159. The minimum Gasteiger partial charge on any atom is -0.481 e. The van der Waals surface area contributed by atoms with Gasteiger partial charge in [-0.3, -0.25) is 9.69 Å². The summed E-state index contributed by atoms with van der Waals surface area (Å²) >= 11 is 6.01. The highest BCUT2D eigenvalue weighted by Gasteiger charge is 2.11. The van der Waals surface area contributed by atoms with Gasteiger partial charge in [-0.15, -0.1) is 0 Å². The van der Waals surface area contributed by atoms with Crippen molar-refractivity contribution in [2.75, 3.05) is 13.1 Å². The highest BCUT2D eigenvalue weighted by atomic mass is 35.5. The van der Waals surface area contributed by atoms with Gasteiger partial charge in [0.15, 0.2) is 0 Å². The van der Waals surface area contributed by atoms with E-state index in [1.807, 2.05) is 6.07 Å². The van der Waals surface area contributed by atoms with Crippen molar-refractivity contribution < 1.29 is 9.90 Å². The number of hydrogen-bond donors (Lipinski definition) is 2. The Hall–Kier alpha value is -1.00. The van der Waals surface area contributed by atoms with E-state index >= 15 is 0 Å². The molecule has 0 aliphatic heterocycles. The number of carboxylic acid groups (broad SMARTS) is 1. The van der Waals surface area contributed by atoms with E-state index in [4.69, 9.17) is 16.7 Å². The van der Waals surface area contributed by atoms with Crippen LogP contribution >= 0.6 is 11.6 Å². The van der Waals surface area contributed by atoms with Gasteiger partial charge in [-0.25, -0.2) is 0 Å². The number of nitrogens with one attached hydrogen (secondary N) is 1. The third kappa shape index (κ3) is 3.54. The van der Waals surface area contributed by atoms with E-state index < -0.39 is 5.97 Å². The molecule has 0 aliphatic rings. The van der Waals surface area contributed by atoms with Gasteiger partial charge < -0.3 is 10.1 Å². The Morgan fingerprint density at radius 3 is 2.62 bits per heavy atom. The quantitative estimate of drug-likeness (QED) is 0.806. The maximum absolute atomic E-state index is 10.6. The Bertz CT molecular complexity index is 359. The molecule has 0 atom stereocenters. The third-order valence-electron chi connectivity index (χ3n) is 2.53. The molecule has 0 aliphatic carbocycles. The van der Waals surface area contributed by atoms with Crippen LogP contribution in [0.25, 0.3) is 0 Å². The number of H-pyrrole nitrogens is 1. The fourth-order valence-corrected chi connectivity index (χ4v) is 1.83. The number of halogens is 1. The fourth-order valence-electron chi connectivity index (χ4n) is 1.59. The van der Waals surface area contributed by atoms with E-state index in [0.29, 0.717) is 10.8 Å². The molecule has 0 unspecified atom stereocenters. The first kappa shape index (κ1) is 13.1. The van der Waals surface area contributed by atoms with Crippen molar-refractivity contribution in [3.63, 3.8) is 0 Å². The van der Waals surface area contributed by atoms with Gasteiger partial charge in [0.25, 0.3) is 0 Å². The van der Waals surface area contributed by atoms with Crippen molar-refractivity contribution in [1.29, 1.82) is 0 Å². The first-order valence-electron chi connectivity index (χ1n) is 5.37. The second-order valence-electron chi connectivity index (χ2n) is 3.67. The molecular formula is C11H17ClN2O2. The lowest BCUT2D eigenvalue weighted by atomic mass is 10.2. The summed E-state index contributed by atoms with van der Waals surface area (Å²) in [5.41, 5.74) is 1.61. The van der Waals surface area contributed by atoms with E-state index in [0.717, 1.165) is 25.2 Å². The average molecular weight is 245 g/mol. The summed E-state index contributed by atoms with van der Waals surface area (Å²) < 4.78 is 0. The van der Waals surface area contributed by atoms with Crippen molar-refractivity contribution in [3.8, 4) is 0 Å². The summed E-state index contributed by atoms with van der Waals surface area (Å²) in [6.45, 7) is 6.82. The Balaban J connectivity index is 2.73. The lowest BCUT2D eigenvalue weighted by Gasteiger charge is -2.16. The molecule has 1 heterocycles. The van der Waals surface area contributed by atoms with Gasteiger partial charge in [0.1, 0.15) is 5.15 Å². The van der Waals surface area contributed by atoms with Crippen LogP contribution in [0.2, 0.25) is 5.15 Å². The molecule has 2 N–H and O–H groups in total. The van der Waals surface area contributed by atoms with Gasteiger partial charge in [-0.05, 0) is 19.2 Å². The highest BCUT2D eigenvalue weighted by Crippen LogP contribution is 2.18. The molecule has 0 amide bonds. The SMILES string of the molecule is CCN(CC)Cc1cc(CC(=O)O)[nH]c1Cl. The van der Waals surface area contributed by atoms with Gasteiger partial charge >= 0.3 is 5.97 Å². The summed E-state index contributed by atoms with van der Waals surface area (Å²) in [7, 11) is 0. The summed E-state index contributed by atoms with van der Waals surface area (Å²) in [6, 6.07) is 1.83. The number of hydrogen-bond acceptors (Lipinski definition) is 2. The van der Waals surface area contributed by atoms with Gasteiger partial charge in [-0.1, -0.05) is 25.4 Å². The van der Waals surface area contributed by atoms with Crippen LogP contribution in [-0.4, -0.2) is 34.0 Å². The Morgan fingerprint density at radius 1 is 1.50 bits per heavy atom. The van der Waals surface area contributed by atoms with Gasteiger partial charge in [0.05, 0.1) is 6.42 Å². The summed E-state index contributed by atoms with van der Waals surface area (Å²) in [5, 5.41) is 9.21. The van der Waals surface area contributed by atoms with Crippen LogP contribution in [0.1, 0.15) is 25.1 Å². The molecule has 0 bridgehead atoms. The molecule has 0 fully saturated rings. The smallest absolute Gasteiger partial charge is 0.309 e. The second kappa shape index (κ2) is 5.92. The standard InChI is InChI=1S/C11H17ClN2O2/c1-3-14(4-2)7-8-5-9(6-10(15)16)13-11(8)12/h5,13H,3-4,6-7H2,1-2H3,(H,15,16). The zero-order chi connectivity index (χ0) is 12.1. The third-order valence-corrected chi connectivity index (χ3v) is 2.87. The largest absolute Gasteiger partial charge is 0.481 e. The van der Waals surface area contributed by atoms with Crippen molar-refractivity contribution in [2.45, 2.75) is 26.8 Å². The molecule has 0 radical (unpaired) electrons. The number of rotatable bonds is 6. The van der Waals surface area contributed by atoms with Gasteiger partial charge in [0.2, 0.25) is 0 Å². The fraction of sp³-hybridized carbons (Fsp3) is 0.545.